The van der Waals surface area contributed by atoms with Crippen LogP contribution >= 0.6 is 0 Å². The molecular formula is C29H28. The molecule has 0 heteroatoms. The lowest BCUT2D eigenvalue weighted by Gasteiger charge is -2.21. The minimum Gasteiger partial charge on any atom is -0.0622 e. The van der Waals surface area contributed by atoms with Gasteiger partial charge in [0, 0.05) is 5.41 Å². The topological polar surface area (TPSA) is 0 Å². The van der Waals surface area contributed by atoms with Crippen molar-refractivity contribution in [2.45, 2.75) is 33.1 Å². The van der Waals surface area contributed by atoms with Crippen molar-refractivity contribution in [2.24, 2.45) is 0 Å². The molecule has 0 fully saturated rings. The quantitative estimate of drug-likeness (QED) is 0.316. The second kappa shape index (κ2) is 7.72. The molecule has 0 aromatic heterocycles. The normalized spacial score (nSPS) is 13.1. The van der Waals surface area contributed by atoms with E-state index in [1.165, 1.54) is 44.5 Å². The SMILES string of the molecule is Cc1ccc(-c2ccccc2)cc1.Cc1ccc2c(c1)C(C)(C)c1ccccc1-2. The Hall–Kier alpha value is -3.12. The Labute approximate surface area is 174 Å². The van der Waals surface area contributed by atoms with Crippen molar-refractivity contribution >= 4 is 0 Å². The van der Waals surface area contributed by atoms with Gasteiger partial charge in [0.1, 0.15) is 0 Å². The molecule has 0 saturated carbocycles. The molecule has 0 bridgehead atoms. The van der Waals surface area contributed by atoms with E-state index < -0.39 is 0 Å². The highest BCUT2D eigenvalue weighted by Crippen LogP contribution is 2.48. The fourth-order valence-corrected chi connectivity index (χ4v) is 4.19. The van der Waals surface area contributed by atoms with Crippen LogP contribution < -0.4 is 0 Å². The average molecular weight is 377 g/mol. The number of benzene rings is 4. The highest BCUT2D eigenvalue weighted by Gasteiger charge is 2.34. The van der Waals surface area contributed by atoms with Crippen LogP contribution in [0, 0.1) is 13.8 Å². The molecule has 0 aliphatic heterocycles. The largest absolute Gasteiger partial charge is 0.0622 e. The molecule has 0 spiro atoms. The molecule has 4 aromatic rings. The van der Waals surface area contributed by atoms with E-state index in [-0.39, 0.29) is 5.41 Å². The van der Waals surface area contributed by atoms with Crippen LogP contribution in [0.3, 0.4) is 0 Å². The molecule has 0 saturated heterocycles. The summed E-state index contributed by atoms with van der Waals surface area (Å²) in [5, 5.41) is 0. The smallest absolute Gasteiger partial charge is 0.0158 e. The zero-order valence-electron chi connectivity index (χ0n) is 17.7. The lowest BCUT2D eigenvalue weighted by atomic mass is 9.82. The standard InChI is InChI=1S/C16H16.C13H12/c1-11-8-9-13-12-6-4-5-7-14(12)16(2,3)15(13)10-11;1-11-7-9-13(10-8-11)12-5-3-2-4-6-12/h4-10H,1-3H3;2-10H,1H3. The van der Waals surface area contributed by atoms with E-state index in [0.717, 1.165) is 0 Å². The van der Waals surface area contributed by atoms with Gasteiger partial charge >= 0.3 is 0 Å². The van der Waals surface area contributed by atoms with E-state index in [4.69, 9.17) is 0 Å². The summed E-state index contributed by atoms with van der Waals surface area (Å²) in [5.74, 6) is 0. The van der Waals surface area contributed by atoms with Crippen LogP contribution in [0.4, 0.5) is 0 Å². The Morgan fingerprint density at radius 2 is 1.03 bits per heavy atom. The van der Waals surface area contributed by atoms with E-state index >= 15 is 0 Å². The maximum Gasteiger partial charge on any atom is 0.0158 e. The third-order valence-corrected chi connectivity index (χ3v) is 5.90. The summed E-state index contributed by atoms with van der Waals surface area (Å²) >= 11 is 0. The predicted molar refractivity (Wildman–Crippen MR) is 125 cm³/mol. The molecule has 5 rings (SSSR count). The van der Waals surface area contributed by atoms with Crippen LogP contribution in [0.1, 0.15) is 36.1 Å². The second-order valence-corrected chi connectivity index (χ2v) is 8.45. The monoisotopic (exact) mass is 376 g/mol. The Morgan fingerprint density at radius 1 is 0.483 bits per heavy atom. The number of aryl methyl sites for hydroxylation is 2. The fraction of sp³-hybridized carbons (Fsp3) is 0.172. The first kappa shape index (κ1) is 19.2. The van der Waals surface area contributed by atoms with Gasteiger partial charge in [0.15, 0.2) is 0 Å². The van der Waals surface area contributed by atoms with Crippen molar-refractivity contribution in [2.75, 3.05) is 0 Å². The Morgan fingerprint density at radius 3 is 1.76 bits per heavy atom. The van der Waals surface area contributed by atoms with Gasteiger partial charge in [-0.05, 0) is 47.2 Å². The minimum absolute atomic E-state index is 0.151. The molecule has 1 aliphatic carbocycles. The Balaban J connectivity index is 0.000000145. The van der Waals surface area contributed by atoms with E-state index in [1.807, 2.05) is 6.07 Å². The first-order chi connectivity index (χ1) is 14.0. The Kier molecular flexibility index (Phi) is 5.11. The molecule has 29 heavy (non-hydrogen) atoms. The highest BCUT2D eigenvalue weighted by atomic mass is 14.4. The first-order valence-electron chi connectivity index (χ1n) is 10.3. The summed E-state index contributed by atoms with van der Waals surface area (Å²) in [6.45, 7) is 8.91. The number of hydrogen-bond donors (Lipinski definition) is 0. The summed E-state index contributed by atoms with van der Waals surface area (Å²) in [6.07, 6.45) is 0. The summed E-state index contributed by atoms with van der Waals surface area (Å²) < 4.78 is 0. The van der Waals surface area contributed by atoms with Crippen LogP contribution in [-0.4, -0.2) is 0 Å². The van der Waals surface area contributed by atoms with Crippen molar-refractivity contribution < 1.29 is 0 Å². The number of hydrogen-bond acceptors (Lipinski definition) is 0. The summed E-state index contributed by atoms with van der Waals surface area (Å²) in [6, 6.07) is 34.6. The minimum atomic E-state index is 0.151. The molecule has 0 amide bonds. The lowest BCUT2D eigenvalue weighted by Crippen LogP contribution is -2.14. The van der Waals surface area contributed by atoms with Gasteiger partial charge in [-0.25, -0.2) is 0 Å². The van der Waals surface area contributed by atoms with Gasteiger partial charge in [0.25, 0.3) is 0 Å². The van der Waals surface area contributed by atoms with E-state index in [0.29, 0.717) is 0 Å². The van der Waals surface area contributed by atoms with Gasteiger partial charge in [0.2, 0.25) is 0 Å². The van der Waals surface area contributed by atoms with Gasteiger partial charge in [0.05, 0.1) is 0 Å². The summed E-state index contributed by atoms with van der Waals surface area (Å²) in [5.41, 5.74) is 11.1. The van der Waals surface area contributed by atoms with Crippen LogP contribution in [0.2, 0.25) is 0 Å². The number of rotatable bonds is 1. The molecule has 0 unspecified atom stereocenters. The molecular weight excluding hydrogens is 348 g/mol. The molecule has 1 aliphatic rings. The molecule has 0 nitrogen and oxygen atoms in total. The van der Waals surface area contributed by atoms with Gasteiger partial charge in [-0.2, -0.15) is 0 Å². The first-order valence-corrected chi connectivity index (χ1v) is 10.3. The van der Waals surface area contributed by atoms with Crippen molar-refractivity contribution in [1.29, 1.82) is 0 Å². The van der Waals surface area contributed by atoms with E-state index in [9.17, 15) is 0 Å². The third kappa shape index (κ3) is 3.76. The van der Waals surface area contributed by atoms with Crippen LogP contribution in [0.15, 0.2) is 97.1 Å². The third-order valence-electron chi connectivity index (χ3n) is 5.90. The van der Waals surface area contributed by atoms with Gasteiger partial charge in [-0.15, -0.1) is 0 Å². The molecule has 0 radical (unpaired) electrons. The van der Waals surface area contributed by atoms with Gasteiger partial charge < -0.3 is 0 Å². The van der Waals surface area contributed by atoms with Gasteiger partial charge in [-0.1, -0.05) is 122 Å². The summed E-state index contributed by atoms with van der Waals surface area (Å²) in [7, 11) is 0. The van der Waals surface area contributed by atoms with Gasteiger partial charge in [-0.3, -0.25) is 0 Å². The average Bonchev–Trinajstić information content (AvgIpc) is 2.97. The summed E-state index contributed by atoms with van der Waals surface area (Å²) in [4.78, 5) is 0. The van der Waals surface area contributed by atoms with Crippen molar-refractivity contribution in [3.05, 3.63) is 119 Å². The number of fused-ring (bicyclic) bond motifs is 3. The van der Waals surface area contributed by atoms with Crippen molar-refractivity contribution in [3.63, 3.8) is 0 Å². The molecule has 4 aromatic carbocycles. The second-order valence-electron chi connectivity index (χ2n) is 8.45. The van der Waals surface area contributed by atoms with E-state index in [1.54, 1.807) is 0 Å². The highest BCUT2D eigenvalue weighted by molar-refractivity contribution is 5.80. The fourth-order valence-electron chi connectivity index (χ4n) is 4.19. The molecule has 0 atom stereocenters. The van der Waals surface area contributed by atoms with Crippen LogP contribution in [0.25, 0.3) is 22.3 Å². The van der Waals surface area contributed by atoms with Crippen LogP contribution in [0.5, 0.6) is 0 Å². The van der Waals surface area contributed by atoms with Crippen LogP contribution in [-0.2, 0) is 5.41 Å². The molecule has 0 N–H and O–H groups in total. The van der Waals surface area contributed by atoms with Crippen molar-refractivity contribution in [3.8, 4) is 22.3 Å². The molecule has 0 heterocycles. The maximum absolute atomic E-state index is 2.33. The zero-order valence-corrected chi connectivity index (χ0v) is 17.7. The zero-order chi connectivity index (χ0) is 20.4. The molecule has 144 valence electrons. The predicted octanol–water partition coefficient (Wildman–Crippen LogP) is 7.96. The van der Waals surface area contributed by atoms with Crippen molar-refractivity contribution in [1.82, 2.24) is 0 Å². The Bertz CT molecular complexity index is 1120. The lowest BCUT2D eigenvalue weighted by molar-refractivity contribution is 0.660. The maximum atomic E-state index is 2.33. The van der Waals surface area contributed by atoms with E-state index in [2.05, 4.69) is 119 Å².